The topological polar surface area (TPSA) is 60.2 Å². The van der Waals surface area contributed by atoms with E-state index in [1.165, 1.54) is 4.80 Å². The van der Waals surface area contributed by atoms with Gasteiger partial charge in [-0.25, -0.2) is 0 Å². The number of aromatic nitrogens is 3. The zero-order chi connectivity index (χ0) is 21.2. The normalized spacial score (nSPS) is 12.5. The van der Waals surface area contributed by atoms with E-state index in [1.807, 2.05) is 36.4 Å². The Balaban J connectivity index is 2.11. The summed E-state index contributed by atoms with van der Waals surface area (Å²) >= 11 is 0. The highest BCUT2D eigenvalue weighted by molar-refractivity contribution is 5.74. The number of unbranched alkanes of at least 4 members (excludes halogenated alkanes) is 1. The molecule has 0 saturated carbocycles. The Hall–Kier alpha value is -2.56. The molecule has 0 aliphatic carbocycles. The number of phenolic OH excluding ortho intramolecular Hbond substituents is 1. The highest BCUT2D eigenvalue weighted by Crippen LogP contribution is 2.42. The van der Waals surface area contributed by atoms with Crippen molar-refractivity contribution in [3.8, 4) is 17.2 Å². The Morgan fingerprint density at radius 3 is 2.17 bits per heavy atom. The Kier molecular flexibility index (Phi) is 5.87. The molecule has 1 aromatic heterocycles. The summed E-state index contributed by atoms with van der Waals surface area (Å²) in [4.78, 5) is 1.52. The van der Waals surface area contributed by atoms with Crippen LogP contribution in [-0.2, 0) is 5.41 Å². The minimum atomic E-state index is -0.101. The highest BCUT2D eigenvalue weighted by atomic mass is 16.5. The third-order valence-electron chi connectivity index (χ3n) is 5.07. The molecule has 0 fully saturated rings. The SMILES string of the molecule is CCCCOc1cc(C(C)(C)CC(C)(C)C)cc(-n2nc3ccccc3n2)c1O. The average Bonchev–Trinajstić information content (AvgIpc) is 3.05. The molecule has 1 heterocycles. The van der Waals surface area contributed by atoms with Crippen molar-refractivity contribution in [3.63, 3.8) is 0 Å². The van der Waals surface area contributed by atoms with Crippen LogP contribution < -0.4 is 4.74 Å². The van der Waals surface area contributed by atoms with Gasteiger partial charge in [-0.3, -0.25) is 0 Å². The fraction of sp³-hybridized carbons (Fsp3) is 0.500. The summed E-state index contributed by atoms with van der Waals surface area (Å²) in [6.45, 7) is 13.9. The van der Waals surface area contributed by atoms with Crippen LogP contribution in [0, 0.1) is 5.41 Å². The molecule has 0 unspecified atom stereocenters. The van der Waals surface area contributed by atoms with Gasteiger partial charge in [0.05, 0.1) is 6.61 Å². The number of nitrogens with zero attached hydrogens (tertiary/aromatic N) is 3. The smallest absolute Gasteiger partial charge is 0.185 e. The van der Waals surface area contributed by atoms with Crippen molar-refractivity contribution in [1.82, 2.24) is 15.0 Å². The van der Waals surface area contributed by atoms with Gasteiger partial charge in [0.15, 0.2) is 11.5 Å². The fourth-order valence-corrected chi connectivity index (χ4v) is 3.97. The van der Waals surface area contributed by atoms with Gasteiger partial charge >= 0.3 is 0 Å². The second-order valence-corrected chi connectivity index (χ2v) is 9.64. The molecule has 5 nitrogen and oxygen atoms in total. The Morgan fingerprint density at radius 1 is 1.00 bits per heavy atom. The molecule has 0 amide bonds. The maximum atomic E-state index is 11.0. The number of benzene rings is 2. The Bertz CT molecular complexity index is 950. The number of phenols is 1. The third-order valence-corrected chi connectivity index (χ3v) is 5.07. The number of ether oxygens (including phenoxy) is 1. The van der Waals surface area contributed by atoms with Gasteiger partial charge in [0, 0.05) is 0 Å². The van der Waals surface area contributed by atoms with Gasteiger partial charge in [-0.2, -0.15) is 0 Å². The standard InChI is InChI=1S/C24H33N3O2/c1-7-8-13-29-21-15-17(24(5,6)16-23(2,3)4)14-20(22(21)28)27-25-18-11-9-10-12-19(18)26-27/h9-12,14-15,28H,7-8,13,16H2,1-6H3. The molecule has 156 valence electrons. The molecule has 29 heavy (non-hydrogen) atoms. The molecule has 3 rings (SSSR count). The van der Waals surface area contributed by atoms with Gasteiger partial charge in [-0.1, -0.05) is 60.1 Å². The van der Waals surface area contributed by atoms with Crippen molar-refractivity contribution in [2.24, 2.45) is 5.41 Å². The summed E-state index contributed by atoms with van der Waals surface area (Å²) in [6.07, 6.45) is 2.97. The predicted octanol–water partition coefficient (Wildman–Crippen LogP) is 6.02. The summed E-state index contributed by atoms with van der Waals surface area (Å²) in [7, 11) is 0. The van der Waals surface area contributed by atoms with Crippen LogP contribution in [0.4, 0.5) is 0 Å². The van der Waals surface area contributed by atoms with E-state index in [4.69, 9.17) is 4.74 Å². The van der Waals surface area contributed by atoms with Crippen molar-refractivity contribution in [1.29, 1.82) is 0 Å². The Morgan fingerprint density at radius 2 is 1.62 bits per heavy atom. The van der Waals surface area contributed by atoms with Crippen molar-refractivity contribution in [2.75, 3.05) is 6.61 Å². The van der Waals surface area contributed by atoms with Crippen LogP contribution in [0.25, 0.3) is 16.7 Å². The number of aromatic hydroxyl groups is 1. The summed E-state index contributed by atoms with van der Waals surface area (Å²) in [5.41, 5.74) is 3.30. The van der Waals surface area contributed by atoms with Gasteiger partial charge in [-0.05, 0) is 53.5 Å². The number of fused-ring (bicyclic) bond motifs is 1. The van der Waals surface area contributed by atoms with Gasteiger partial charge in [0.1, 0.15) is 16.7 Å². The van der Waals surface area contributed by atoms with Crippen LogP contribution in [0.5, 0.6) is 11.5 Å². The molecule has 0 aliphatic rings. The number of rotatable bonds is 7. The zero-order valence-corrected chi connectivity index (χ0v) is 18.5. The highest BCUT2D eigenvalue weighted by Gasteiger charge is 2.29. The van der Waals surface area contributed by atoms with Gasteiger partial charge in [-0.15, -0.1) is 15.0 Å². The number of hydrogen-bond donors (Lipinski definition) is 1. The predicted molar refractivity (Wildman–Crippen MR) is 118 cm³/mol. The van der Waals surface area contributed by atoms with Crippen LogP contribution >= 0.6 is 0 Å². The molecule has 2 aromatic carbocycles. The van der Waals surface area contributed by atoms with Crippen LogP contribution in [0.3, 0.4) is 0 Å². The molecule has 0 spiro atoms. The van der Waals surface area contributed by atoms with Gasteiger partial charge in [0.25, 0.3) is 0 Å². The second kappa shape index (κ2) is 8.05. The minimum absolute atomic E-state index is 0.0803. The molecule has 5 heteroatoms. The van der Waals surface area contributed by atoms with E-state index in [2.05, 4.69) is 51.7 Å². The molecule has 0 saturated heterocycles. The summed E-state index contributed by atoms with van der Waals surface area (Å²) in [6, 6.07) is 11.7. The summed E-state index contributed by atoms with van der Waals surface area (Å²) < 4.78 is 5.96. The molecular formula is C24H33N3O2. The molecule has 1 N–H and O–H groups in total. The average molecular weight is 396 g/mol. The molecule has 0 atom stereocenters. The molecule has 0 aliphatic heterocycles. The maximum Gasteiger partial charge on any atom is 0.185 e. The van der Waals surface area contributed by atoms with Crippen molar-refractivity contribution >= 4 is 11.0 Å². The maximum absolute atomic E-state index is 11.0. The quantitative estimate of drug-likeness (QED) is 0.497. The lowest BCUT2D eigenvalue weighted by molar-refractivity contribution is 0.276. The Labute approximate surface area is 173 Å². The summed E-state index contributed by atoms with van der Waals surface area (Å²) in [5.74, 6) is 0.575. The molecular weight excluding hydrogens is 362 g/mol. The third kappa shape index (κ3) is 4.89. The monoisotopic (exact) mass is 395 g/mol. The lowest BCUT2D eigenvalue weighted by Gasteiger charge is -2.33. The van der Waals surface area contributed by atoms with E-state index < -0.39 is 0 Å². The lowest BCUT2D eigenvalue weighted by Crippen LogP contribution is -2.25. The van der Waals surface area contributed by atoms with E-state index >= 15 is 0 Å². The second-order valence-electron chi connectivity index (χ2n) is 9.64. The van der Waals surface area contributed by atoms with Crippen molar-refractivity contribution in [3.05, 3.63) is 42.0 Å². The van der Waals surface area contributed by atoms with E-state index in [0.717, 1.165) is 35.9 Å². The first-order valence-electron chi connectivity index (χ1n) is 10.4. The van der Waals surface area contributed by atoms with E-state index in [-0.39, 0.29) is 16.6 Å². The summed E-state index contributed by atoms with van der Waals surface area (Å²) in [5, 5.41) is 20.1. The van der Waals surface area contributed by atoms with Gasteiger partial charge < -0.3 is 9.84 Å². The van der Waals surface area contributed by atoms with E-state index in [0.29, 0.717) is 18.0 Å². The first kappa shape index (κ1) is 21.2. The van der Waals surface area contributed by atoms with E-state index in [9.17, 15) is 5.11 Å². The largest absolute Gasteiger partial charge is 0.503 e. The zero-order valence-electron chi connectivity index (χ0n) is 18.5. The first-order chi connectivity index (χ1) is 13.6. The van der Waals surface area contributed by atoms with Crippen LogP contribution in [0.15, 0.2) is 36.4 Å². The van der Waals surface area contributed by atoms with E-state index in [1.54, 1.807) is 0 Å². The van der Waals surface area contributed by atoms with Crippen LogP contribution in [-0.4, -0.2) is 26.7 Å². The molecule has 0 radical (unpaired) electrons. The first-order valence-corrected chi connectivity index (χ1v) is 10.4. The van der Waals surface area contributed by atoms with Crippen molar-refractivity contribution < 1.29 is 9.84 Å². The number of hydrogen-bond acceptors (Lipinski definition) is 4. The van der Waals surface area contributed by atoms with Gasteiger partial charge in [0.2, 0.25) is 0 Å². The molecule has 0 bridgehead atoms. The fourth-order valence-electron chi connectivity index (χ4n) is 3.97. The minimum Gasteiger partial charge on any atom is -0.503 e. The van der Waals surface area contributed by atoms with Crippen LogP contribution in [0.1, 0.15) is 66.4 Å². The molecule has 3 aromatic rings. The van der Waals surface area contributed by atoms with Crippen LogP contribution in [0.2, 0.25) is 0 Å². The van der Waals surface area contributed by atoms with Crippen molar-refractivity contribution in [2.45, 2.75) is 66.2 Å². The lowest BCUT2D eigenvalue weighted by atomic mass is 9.72.